The summed E-state index contributed by atoms with van der Waals surface area (Å²) in [5, 5.41) is 3.84. The van der Waals surface area contributed by atoms with Gasteiger partial charge in [0.05, 0.1) is 16.8 Å². The molecule has 1 aliphatic rings. The molecule has 0 spiro atoms. The molecule has 1 aliphatic heterocycles. The van der Waals surface area contributed by atoms with Crippen molar-refractivity contribution in [3.63, 3.8) is 0 Å². The number of H-pyrrole nitrogens is 1. The zero-order chi connectivity index (χ0) is 17.1. The van der Waals surface area contributed by atoms with Gasteiger partial charge in [-0.25, -0.2) is 4.98 Å². The van der Waals surface area contributed by atoms with Crippen LogP contribution in [0.1, 0.15) is 12.8 Å². The predicted molar refractivity (Wildman–Crippen MR) is 97.8 cm³/mol. The number of carbonyl (C=O) groups excluding carboxylic acids is 1. The van der Waals surface area contributed by atoms with E-state index < -0.39 is 0 Å². The highest BCUT2D eigenvalue weighted by Crippen LogP contribution is 2.39. The summed E-state index contributed by atoms with van der Waals surface area (Å²) in [6, 6.07) is 0.169. The minimum atomic E-state index is -0.186. The van der Waals surface area contributed by atoms with Crippen LogP contribution >= 0.6 is 11.8 Å². The Hall–Kier alpha value is -1.77. The Morgan fingerprint density at radius 3 is 3.17 bits per heavy atom. The molecule has 8 heteroatoms. The van der Waals surface area contributed by atoms with Crippen molar-refractivity contribution in [1.82, 2.24) is 9.97 Å². The molecule has 1 saturated heterocycles. The Morgan fingerprint density at radius 1 is 1.62 bits per heavy atom. The predicted octanol–water partition coefficient (Wildman–Crippen LogP) is 1.80. The molecule has 3 rings (SSSR count). The Balaban J connectivity index is 2.06. The van der Waals surface area contributed by atoms with Crippen molar-refractivity contribution in [3.05, 3.63) is 12.4 Å². The van der Waals surface area contributed by atoms with E-state index in [1.165, 1.54) is 7.11 Å². The van der Waals surface area contributed by atoms with Gasteiger partial charge < -0.3 is 25.7 Å². The molecule has 3 heterocycles. The summed E-state index contributed by atoms with van der Waals surface area (Å²) in [4.78, 5) is 23.0. The maximum atomic E-state index is 11.9. The van der Waals surface area contributed by atoms with Crippen molar-refractivity contribution in [2.24, 2.45) is 5.73 Å². The molecule has 24 heavy (non-hydrogen) atoms. The third kappa shape index (κ3) is 3.35. The van der Waals surface area contributed by atoms with Crippen molar-refractivity contribution < 1.29 is 9.53 Å². The lowest BCUT2D eigenvalue weighted by Gasteiger charge is -2.34. The van der Waals surface area contributed by atoms with Gasteiger partial charge in [0.2, 0.25) is 5.91 Å². The van der Waals surface area contributed by atoms with Gasteiger partial charge in [0.15, 0.2) is 0 Å². The van der Waals surface area contributed by atoms with Gasteiger partial charge in [-0.2, -0.15) is 0 Å². The van der Waals surface area contributed by atoms with Gasteiger partial charge in [0, 0.05) is 43.5 Å². The molecule has 0 saturated carbocycles. The molecule has 4 N–H and O–H groups in total. The summed E-state index contributed by atoms with van der Waals surface area (Å²) in [6.07, 6.45) is 7.80. The summed E-state index contributed by atoms with van der Waals surface area (Å²) >= 11 is 1.65. The number of carbonyl (C=O) groups is 1. The van der Waals surface area contributed by atoms with Crippen LogP contribution in [0.4, 0.5) is 11.4 Å². The number of rotatable bonds is 5. The summed E-state index contributed by atoms with van der Waals surface area (Å²) in [7, 11) is 1.50. The van der Waals surface area contributed by atoms with Crippen molar-refractivity contribution >= 4 is 40.1 Å². The lowest BCUT2D eigenvalue weighted by atomic mass is 10.1. The number of thioether (sulfide) groups is 1. The maximum Gasteiger partial charge on any atom is 0.250 e. The fourth-order valence-electron chi connectivity index (χ4n) is 3.15. The molecule has 1 fully saturated rings. The summed E-state index contributed by atoms with van der Waals surface area (Å²) in [5.74, 6) is -0.186. The number of fused-ring (bicyclic) bond motifs is 1. The minimum Gasteiger partial charge on any atom is -0.375 e. The van der Waals surface area contributed by atoms with Gasteiger partial charge >= 0.3 is 0 Å². The average Bonchev–Trinajstić information content (AvgIpc) is 2.97. The maximum absolute atomic E-state index is 11.9. The number of hydrogen-bond donors (Lipinski definition) is 3. The van der Waals surface area contributed by atoms with Crippen molar-refractivity contribution in [1.29, 1.82) is 0 Å². The first kappa shape index (κ1) is 17.1. The molecule has 2 aromatic rings. The van der Waals surface area contributed by atoms with Gasteiger partial charge in [-0.15, -0.1) is 11.8 Å². The third-order valence-electron chi connectivity index (χ3n) is 4.18. The molecular weight excluding hydrogens is 326 g/mol. The van der Waals surface area contributed by atoms with Gasteiger partial charge in [0.25, 0.3) is 0 Å². The first-order valence-electron chi connectivity index (χ1n) is 7.97. The second-order valence-corrected chi connectivity index (χ2v) is 6.78. The number of nitrogens with zero attached hydrogens (tertiary/aromatic N) is 2. The zero-order valence-electron chi connectivity index (χ0n) is 14.0. The lowest BCUT2D eigenvalue weighted by Crippen LogP contribution is -2.43. The van der Waals surface area contributed by atoms with E-state index in [1.807, 2.05) is 12.5 Å². The van der Waals surface area contributed by atoms with Crippen LogP contribution in [0.2, 0.25) is 0 Å². The number of nitrogens with one attached hydrogen (secondary N) is 2. The van der Waals surface area contributed by atoms with Crippen LogP contribution < -0.4 is 16.0 Å². The molecule has 130 valence electrons. The van der Waals surface area contributed by atoms with E-state index in [-0.39, 0.29) is 18.6 Å². The number of piperidine rings is 1. The highest BCUT2D eigenvalue weighted by Gasteiger charge is 2.24. The average molecular weight is 349 g/mol. The number of nitrogens with two attached hydrogens (primary N) is 1. The minimum absolute atomic E-state index is 0.0201. The smallest absolute Gasteiger partial charge is 0.250 e. The second-order valence-electron chi connectivity index (χ2n) is 5.93. The largest absolute Gasteiger partial charge is 0.375 e. The van der Waals surface area contributed by atoms with Crippen LogP contribution in [0.5, 0.6) is 0 Å². The number of aromatic nitrogens is 2. The third-order valence-corrected chi connectivity index (χ3v) is 4.92. The van der Waals surface area contributed by atoms with Gasteiger partial charge in [-0.3, -0.25) is 4.79 Å². The highest BCUT2D eigenvalue weighted by atomic mass is 32.2. The van der Waals surface area contributed by atoms with Gasteiger partial charge in [-0.1, -0.05) is 0 Å². The van der Waals surface area contributed by atoms with Crippen molar-refractivity contribution in [2.45, 2.75) is 23.8 Å². The number of ether oxygens (including phenoxy) is 1. The normalized spacial score (nSPS) is 18.1. The quantitative estimate of drug-likeness (QED) is 0.712. The molecule has 1 amide bonds. The highest BCUT2D eigenvalue weighted by molar-refractivity contribution is 7.98. The van der Waals surface area contributed by atoms with Gasteiger partial charge in [0.1, 0.15) is 12.3 Å². The molecular formula is C16H23N5O2S. The number of hydrogen-bond acceptors (Lipinski definition) is 6. The Bertz CT molecular complexity index is 733. The standard InChI is InChI=1S/C16H23N5O2S/c1-23-9-13(22)20-11-6-18-16-14(11)15(12(24-2)7-19-16)21-5-3-4-10(17)8-21/h6-7,10H,3-5,8-9,17H2,1-2H3,(H,18,19)(H,20,22)/t10-/m1/s1. The Labute approximate surface area is 145 Å². The molecule has 0 unspecified atom stereocenters. The van der Waals surface area contributed by atoms with Crippen molar-refractivity contribution in [2.75, 3.05) is 43.3 Å². The topological polar surface area (TPSA) is 96.3 Å². The number of pyridine rings is 1. The number of amides is 1. The molecule has 0 bridgehead atoms. The summed E-state index contributed by atoms with van der Waals surface area (Å²) < 4.78 is 4.90. The monoisotopic (exact) mass is 349 g/mol. The molecule has 0 aromatic carbocycles. The fourth-order valence-corrected chi connectivity index (χ4v) is 3.74. The summed E-state index contributed by atoms with van der Waals surface area (Å²) in [5.41, 5.74) is 8.75. The molecule has 7 nitrogen and oxygen atoms in total. The Morgan fingerprint density at radius 2 is 2.46 bits per heavy atom. The molecule has 1 atom stereocenters. The van der Waals surface area contributed by atoms with Crippen LogP contribution in [-0.2, 0) is 9.53 Å². The second kappa shape index (κ2) is 7.42. The first-order valence-corrected chi connectivity index (χ1v) is 9.20. The van der Waals surface area contributed by atoms with E-state index >= 15 is 0 Å². The van der Waals surface area contributed by atoms with Crippen LogP contribution in [0.3, 0.4) is 0 Å². The molecule has 0 aliphatic carbocycles. The summed E-state index contributed by atoms with van der Waals surface area (Å²) in [6.45, 7) is 1.78. The number of aromatic amines is 1. The van der Waals surface area contributed by atoms with E-state index in [0.29, 0.717) is 0 Å². The van der Waals surface area contributed by atoms with E-state index in [2.05, 4.69) is 20.2 Å². The van der Waals surface area contributed by atoms with E-state index in [1.54, 1.807) is 18.0 Å². The van der Waals surface area contributed by atoms with Crippen LogP contribution in [-0.4, -0.2) is 55.0 Å². The number of anilines is 2. The molecule has 2 aromatic heterocycles. The van der Waals surface area contributed by atoms with E-state index in [9.17, 15) is 4.79 Å². The van der Waals surface area contributed by atoms with Crippen LogP contribution in [0.25, 0.3) is 11.0 Å². The fraction of sp³-hybridized carbons (Fsp3) is 0.500. The SMILES string of the molecule is COCC(=O)Nc1c[nH]c2ncc(SC)c(N3CCC[C@@H](N)C3)c12. The lowest BCUT2D eigenvalue weighted by molar-refractivity contribution is -0.119. The van der Waals surface area contributed by atoms with E-state index in [4.69, 9.17) is 10.5 Å². The van der Waals surface area contributed by atoms with Crippen LogP contribution in [0, 0.1) is 0 Å². The van der Waals surface area contributed by atoms with E-state index in [0.717, 1.165) is 53.2 Å². The zero-order valence-corrected chi connectivity index (χ0v) is 14.8. The van der Waals surface area contributed by atoms with Gasteiger partial charge in [-0.05, 0) is 19.1 Å². The molecule has 0 radical (unpaired) electrons. The first-order chi connectivity index (χ1) is 11.6. The van der Waals surface area contributed by atoms with Crippen molar-refractivity contribution in [3.8, 4) is 0 Å². The number of methoxy groups -OCH3 is 1. The van der Waals surface area contributed by atoms with Crippen LogP contribution in [0.15, 0.2) is 17.3 Å². The Kier molecular flexibility index (Phi) is 5.27.